The molecule has 0 radical (unpaired) electrons. The fraction of sp³-hybridized carbons (Fsp3) is 0.217. The van der Waals surface area contributed by atoms with Crippen molar-refractivity contribution in [1.29, 1.82) is 0 Å². The van der Waals surface area contributed by atoms with Crippen LogP contribution in [0.25, 0.3) is 21.8 Å². The van der Waals surface area contributed by atoms with Gasteiger partial charge in [0.05, 0.1) is 15.9 Å². The van der Waals surface area contributed by atoms with Gasteiger partial charge in [0.2, 0.25) is 0 Å². The maximum absolute atomic E-state index is 13.6. The molecule has 0 spiro atoms. The molecule has 0 amide bonds. The molecule has 0 fully saturated rings. The molecule has 3 nitrogen and oxygen atoms in total. The van der Waals surface area contributed by atoms with E-state index in [1.165, 1.54) is 5.56 Å². The van der Waals surface area contributed by atoms with Crippen LogP contribution in [0.3, 0.4) is 0 Å². The highest BCUT2D eigenvalue weighted by Crippen LogP contribution is 2.37. The summed E-state index contributed by atoms with van der Waals surface area (Å²) in [6.45, 7) is 8.22. The van der Waals surface area contributed by atoms with Gasteiger partial charge in [-0.2, -0.15) is 0 Å². The summed E-state index contributed by atoms with van der Waals surface area (Å²) in [5.74, 6) is 0. The standard InChI is InChI=1S/C23H23NO2S/c1-5-18-11-12-21-20(14-18)22-16(3)13-15(2)17(4)23(22)24(21)27(25,26)19-9-7-6-8-10-19/h6-14H,5H2,1-4H3. The van der Waals surface area contributed by atoms with Crippen LogP contribution < -0.4 is 0 Å². The Hall–Kier alpha value is -2.59. The van der Waals surface area contributed by atoms with Gasteiger partial charge in [-0.3, -0.25) is 0 Å². The van der Waals surface area contributed by atoms with E-state index in [0.717, 1.165) is 44.9 Å². The molecule has 0 saturated carbocycles. The van der Waals surface area contributed by atoms with Gasteiger partial charge in [0.15, 0.2) is 0 Å². The Labute approximate surface area is 160 Å². The average Bonchev–Trinajstić information content (AvgIpc) is 3.02. The van der Waals surface area contributed by atoms with Gasteiger partial charge in [-0.05, 0) is 73.7 Å². The Kier molecular flexibility index (Phi) is 4.11. The molecule has 0 aliphatic carbocycles. The maximum Gasteiger partial charge on any atom is 0.268 e. The van der Waals surface area contributed by atoms with E-state index in [9.17, 15) is 8.42 Å². The van der Waals surface area contributed by atoms with Crippen molar-refractivity contribution in [1.82, 2.24) is 3.97 Å². The van der Waals surface area contributed by atoms with Crippen molar-refractivity contribution in [2.45, 2.75) is 39.0 Å². The Bertz CT molecular complexity index is 1280. The molecule has 0 unspecified atom stereocenters. The zero-order valence-electron chi connectivity index (χ0n) is 16.1. The van der Waals surface area contributed by atoms with Gasteiger partial charge < -0.3 is 0 Å². The highest BCUT2D eigenvalue weighted by molar-refractivity contribution is 7.90. The zero-order chi connectivity index (χ0) is 19.3. The van der Waals surface area contributed by atoms with Gasteiger partial charge in [-0.25, -0.2) is 12.4 Å². The van der Waals surface area contributed by atoms with Crippen molar-refractivity contribution >= 4 is 31.8 Å². The van der Waals surface area contributed by atoms with Crippen molar-refractivity contribution in [3.63, 3.8) is 0 Å². The van der Waals surface area contributed by atoms with Crippen molar-refractivity contribution in [3.8, 4) is 0 Å². The van der Waals surface area contributed by atoms with E-state index >= 15 is 0 Å². The highest BCUT2D eigenvalue weighted by atomic mass is 32.2. The topological polar surface area (TPSA) is 39.1 Å². The predicted molar refractivity (Wildman–Crippen MR) is 112 cm³/mol. The number of hydrogen-bond donors (Lipinski definition) is 0. The molecule has 4 aromatic rings. The van der Waals surface area contributed by atoms with Gasteiger partial charge >= 0.3 is 0 Å². The second kappa shape index (κ2) is 6.24. The molecule has 138 valence electrons. The van der Waals surface area contributed by atoms with Gasteiger partial charge in [-0.15, -0.1) is 0 Å². The van der Waals surface area contributed by atoms with Crippen LogP contribution in [0.1, 0.15) is 29.2 Å². The fourth-order valence-electron chi connectivity index (χ4n) is 3.91. The molecular weight excluding hydrogens is 354 g/mol. The zero-order valence-corrected chi connectivity index (χ0v) is 16.9. The number of nitrogens with zero attached hydrogens (tertiary/aromatic N) is 1. The monoisotopic (exact) mass is 377 g/mol. The van der Waals surface area contributed by atoms with E-state index in [-0.39, 0.29) is 0 Å². The Balaban J connectivity index is 2.26. The first-order valence-corrected chi connectivity index (χ1v) is 10.6. The lowest BCUT2D eigenvalue weighted by atomic mass is 9.99. The summed E-state index contributed by atoms with van der Waals surface area (Å²) < 4.78 is 28.8. The van der Waals surface area contributed by atoms with Gasteiger partial charge in [0.25, 0.3) is 10.0 Å². The number of rotatable bonds is 3. The summed E-state index contributed by atoms with van der Waals surface area (Å²) >= 11 is 0. The normalized spacial score (nSPS) is 12.1. The Morgan fingerprint density at radius 2 is 1.59 bits per heavy atom. The second-order valence-corrected chi connectivity index (χ2v) is 8.93. The van der Waals surface area contributed by atoms with Crippen molar-refractivity contribution in [2.24, 2.45) is 0 Å². The summed E-state index contributed by atoms with van der Waals surface area (Å²) in [6, 6.07) is 16.9. The molecule has 0 aliphatic heterocycles. The number of aromatic nitrogens is 1. The third-order valence-electron chi connectivity index (χ3n) is 5.45. The summed E-state index contributed by atoms with van der Waals surface area (Å²) in [6.07, 6.45) is 0.915. The first-order chi connectivity index (χ1) is 12.9. The van der Waals surface area contributed by atoms with Crippen molar-refractivity contribution in [2.75, 3.05) is 0 Å². The molecule has 0 aliphatic rings. The maximum atomic E-state index is 13.6. The molecule has 3 aromatic carbocycles. The minimum atomic E-state index is -3.71. The summed E-state index contributed by atoms with van der Waals surface area (Å²) in [7, 11) is -3.71. The van der Waals surface area contributed by atoms with Gasteiger partial charge in [0, 0.05) is 10.8 Å². The number of aryl methyl sites for hydroxylation is 4. The van der Waals surface area contributed by atoms with Crippen LogP contribution in [0.4, 0.5) is 0 Å². The largest absolute Gasteiger partial charge is 0.268 e. The second-order valence-electron chi connectivity index (χ2n) is 7.15. The molecule has 4 rings (SSSR count). The first kappa shape index (κ1) is 17.8. The quantitative estimate of drug-likeness (QED) is 0.471. The van der Waals surface area contributed by atoms with E-state index in [0.29, 0.717) is 4.90 Å². The number of hydrogen-bond acceptors (Lipinski definition) is 2. The van der Waals surface area contributed by atoms with E-state index in [1.807, 2.05) is 32.0 Å². The molecular formula is C23H23NO2S. The SMILES string of the molecule is CCc1ccc2c(c1)c1c(C)cc(C)c(C)c1n2S(=O)(=O)c1ccccc1. The predicted octanol–water partition coefficient (Wildman–Crippen LogP) is 5.52. The van der Waals surface area contributed by atoms with E-state index in [1.54, 1.807) is 28.2 Å². The number of fused-ring (bicyclic) bond motifs is 3. The molecule has 0 N–H and O–H groups in total. The van der Waals surface area contributed by atoms with Crippen LogP contribution in [0, 0.1) is 20.8 Å². The molecule has 1 aromatic heterocycles. The lowest BCUT2D eigenvalue weighted by Crippen LogP contribution is -2.13. The third kappa shape index (κ3) is 2.59. The molecule has 4 heteroatoms. The van der Waals surface area contributed by atoms with Crippen molar-refractivity contribution < 1.29 is 8.42 Å². The molecule has 1 heterocycles. The van der Waals surface area contributed by atoms with Crippen LogP contribution in [0.5, 0.6) is 0 Å². The van der Waals surface area contributed by atoms with Crippen LogP contribution in [-0.4, -0.2) is 12.4 Å². The summed E-state index contributed by atoms with van der Waals surface area (Å²) in [5, 5.41) is 2.03. The molecule has 27 heavy (non-hydrogen) atoms. The van der Waals surface area contributed by atoms with E-state index in [4.69, 9.17) is 0 Å². The Morgan fingerprint density at radius 3 is 2.26 bits per heavy atom. The number of benzene rings is 3. The van der Waals surface area contributed by atoms with E-state index < -0.39 is 10.0 Å². The summed E-state index contributed by atoms with van der Waals surface area (Å²) in [4.78, 5) is 0.307. The van der Waals surface area contributed by atoms with Gasteiger partial charge in [-0.1, -0.05) is 37.3 Å². The van der Waals surface area contributed by atoms with Crippen molar-refractivity contribution in [3.05, 3.63) is 76.9 Å². The minimum absolute atomic E-state index is 0.307. The van der Waals surface area contributed by atoms with Crippen LogP contribution >= 0.6 is 0 Å². The minimum Gasteiger partial charge on any atom is -0.233 e. The molecule has 0 bridgehead atoms. The van der Waals surface area contributed by atoms with Crippen LogP contribution in [0.15, 0.2) is 59.5 Å². The third-order valence-corrected chi connectivity index (χ3v) is 7.18. The van der Waals surface area contributed by atoms with Crippen LogP contribution in [-0.2, 0) is 16.4 Å². The first-order valence-electron chi connectivity index (χ1n) is 9.20. The lowest BCUT2D eigenvalue weighted by molar-refractivity contribution is 0.590. The Morgan fingerprint density at radius 1 is 0.889 bits per heavy atom. The van der Waals surface area contributed by atoms with Gasteiger partial charge in [0.1, 0.15) is 0 Å². The molecule has 0 saturated heterocycles. The fourth-order valence-corrected chi connectivity index (χ4v) is 5.51. The smallest absolute Gasteiger partial charge is 0.233 e. The van der Waals surface area contributed by atoms with E-state index in [2.05, 4.69) is 26.0 Å². The summed E-state index contributed by atoms with van der Waals surface area (Å²) in [5.41, 5.74) is 5.94. The highest BCUT2D eigenvalue weighted by Gasteiger charge is 2.25. The average molecular weight is 378 g/mol. The van der Waals surface area contributed by atoms with Crippen LogP contribution in [0.2, 0.25) is 0 Å². The lowest BCUT2D eigenvalue weighted by Gasteiger charge is -2.12. The molecule has 0 atom stereocenters.